The van der Waals surface area contributed by atoms with E-state index in [0.717, 1.165) is 11.4 Å². The summed E-state index contributed by atoms with van der Waals surface area (Å²) in [6.07, 6.45) is 5.15. The molecule has 0 atom stereocenters. The number of rotatable bonds is 7. The lowest BCUT2D eigenvalue weighted by atomic mass is 9.70. The largest absolute Gasteiger partial charge is 0.489 e. The number of carboxylic acids is 1. The minimum absolute atomic E-state index is 0.00357. The van der Waals surface area contributed by atoms with Crippen LogP contribution in [0.1, 0.15) is 56.4 Å². The molecule has 0 saturated carbocycles. The van der Waals surface area contributed by atoms with Crippen LogP contribution in [-0.4, -0.2) is 40.7 Å². The molecule has 7 heteroatoms. The molecule has 0 aromatic heterocycles. The number of Topliss-reactive ketones (excluding diaryl/α,β-unsaturated/α-hetero) is 2. The van der Waals surface area contributed by atoms with Gasteiger partial charge in [0.05, 0.1) is 6.42 Å². The van der Waals surface area contributed by atoms with E-state index in [0.29, 0.717) is 66.0 Å². The number of hydrogen-bond acceptors (Lipinski definition) is 5. The number of ketones is 2. The predicted molar refractivity (Wildman–Crippen MR) is 121 cm³/mol. The summed E-state index contributed by atoms with van der Waals surface area (Å²) in [5.74, 6) is -0.906. The van der Waals surface area contributed by atoms with Gasteiger partial charge in [-0.25, -0.2) is 0 Å². The molecule has 1 aliphatic heterocycles. The van der Waals surface area contributed by atoms with Gasteiger partial charge in [0.25, 0.3) is 0 Å². The number of nitrogens with zero attached hydrogens (tertiary/aromatic N) is 1. The molecule has 0 bridgehead atoms. The highest BCUT2D eigenvalue weighted by Crippen LogP contribution is 2.51. The molecular formula is C25H26ClNO5. The fourth-order valence-electron chi connectivity index (χ4n) is 5.03. The highest BCUT2D eigenvalue weighted by atomic mass is 35.5. The summed E-state index contributed by atoms with van der Waals surface area (Å²) in [7, 11) is 0. The molecule has 1 N–H and O–H groups in total. The maximum Gasteiger partial charge on any atom is 0.305 e. The monoisotopic (exact) mass is 455 g/mol. The van der Waals surface area contributed by atoms with E-state index >= 15 is 0 Å². The Morgan fingerprint density at radius 1 is 1.12 bits per heavy atom. The lowest BCUT2D eigenvalue weighted by Gasteiger charge is -2.44. The van der Waals surface area contributed by atoms with Crippen LogP contribution in [0.15, 0.2) is 53.4 Å². The Kier molecular flexibility index (Phi) is 6.51. The van der Waals surface area contributed by atoms with Gasteiger partial charge in [-0.2, -0.15) is 0 Å². The van der Waals surface area contributed by atoms with E-state index in [1.807, 2.05) is 4.90 Å². The van der Waals surface area contributed by atoms with Crippen molar-refractivity contribution in [2.75, 3.05) is 13.2 Å². The van der Waals surface area contributed by atoms with Crippen molar-refractivity contribution in [3.8, 4) is 5.75 Å². The molecule has 3 aliphatic rings. The molecule has 2 aliphatic carbocycles. The van der Waals surface area contributed by atoms with Crippen LogP contribution in [0.5, 0.6) is 5.75 Å². The molecule has 1 aromatic carbocycles. The van der Waals surface area contributed by atoms with E-state index in [4.69, 9.17) is 16.3 Å². The maximum atomic E-state index is 13.3. The van der Waals surface area contributed by atoms with E-state index in [-0.39, 0.29) is 31.1 Å². The van der Waals surface area contributed by atoms with Gasteiger partial charge in [0.2, 0.25) is 0 Å². The van der Waals surface area contributed by atoms with Crippen molar-refractivity contribution in [1.29, 1.82) is 0 Å². The van der Waals surface area contributed by atoms with Crippen molar-refractivity contribution in [1.82, 2.24) is 4.90 Å². The average Bonchev–Trinajstić information content (AvgIpc) is 2.76. The summed E-state index contributed by atoms with van der Waals surface area (Å²) in [6.45, 7) is 4.23. The van der Waals surface area contributed by atoms with Crippen LogP contribution in [0.4, 0.5) is 0 Å². The van der Waals surface area contributed by atoms with Crippen LogP contribution >= 0.6 is 11.6 Å². The van der Waals surface area contributed by atoms with Gasteiger partial charge in [-0.15, -0.1) is 0 Å². The van der Waals surface area contributed by atoms with Crippen LogP contribution < -0.4 is 4.74 Å². The van der Waals surface area contributed by atoms with E-state index in [1.165, 1.54) is 0 Å². The van der Waals surface area contributed by atoms with Gasteiger partial charge in [0, 0.05) is 58.4 Å². The first-order valence-electron chi connectivity index (χ1n) is 11.0. The molecule has 0 saturated heterocycles. The third-order valence-electron chi connectivity index (χ3n) is 6.28. The molecule has 0 fully saturated rings. The number of allylic oxidation sites excluding steroid dienone is 4. The van der Waals surface area contributed by atoms with Crippen molar-refractivity contribution in [3.05, 3.63) is 64.0 Å². The lowest BCUT2D eigenvalue weighted by molar-refractivity contribution is -0.137. The van der Waals surface area contributed by atoms with Crippen LogP contribution in [0.3, 0.4) is 0 Å². The number of benzene rings is 1. The van der Waals surface area contributed by atoms with Crippen LogP contribution in [0.25, 0.3) is 0 Å². The zero-order chi connectivity index (χ0) is 22.8. The summed E-state index contributed by atoms with van der Waals surface area (Å²) in [5, 5.41) is 9.78. The van der Waals surface area contributed by atoms with Crippen molar-refractivity contribution in [2.24, 2.45) is 0 Å². The van der Waals surface area contributed by atoms with Crippen LogP contribution in [-0.2, 0) is 14.4 Å². The highest BCUT2D eigenvalue weighted by molar-refractivity contribution is 6.30. The zero-order valence-corrected chi connectivity index (χ0v) is 18.6. The van der Waals surface area contributed by atoms with E-state index in [1.54, 1.807) is 24.3 Å². The average molecular weight is 456 g/mol. The van der Waals surface area contributed by atoms with Gasteiger partial charge in [-0.3, -0.25) is 14.4 Å². The number of halogens is 1. The molecule has 0 spiro atoms. The summed E-state index contributed by atoms with van der Waals surface area (Å²) < 4.78 is 5.89. The van der Waals surface area contributed by atoms with E-state index < -0.39 is 11.9 Å². The molecule has 1 aromatic rings. The number of carbonyl (C=O) groups excluding carboxylic acids is 2. The van der Waals surface area contributed by atoms with Gasteiger partial charge in [-0.05, 0) is 43.9 Å². The predicted octanol–water partition coefficient (Wildman–Crippen LogP) is 4.79. The van der Waals surface area contributed by atoms with Crippen molar-refractivity contribution in [3.63, 3.8) is 0 Å². The summed E-state index contributed by atoms with van der Waals surface area (Å²) in [4.78, 5) is 39.8. The Balaban J connectivity index is 1.94. The number of carboxylic acid groups (broad SMARTS) is 1. The SMILES string of the molecule is C=CCOc1ccc(Cl)cc1C1C2=C(CCCC2=O)N(CCC(=O)O)C2=C1C(=O)CCC2. The number of ether oxygens (including phenoxy) is 1. The quantitative estimate of drug-likeness (QED) is 0.595. The van der Waals surface area contributed by atoms with Gasteiger partial charge in [0.1, 0.15) is 12.4 Å². The van der Waals surface area contributed by atoms with Gasteiger partial charge in [-0.1, -0.05) is 24.3 Å². The van der Waals surface area contributed by atoms with Gasteiger partial charge < -0.3 is 14.7 Å². The molecule has 0 radical (unpaired) electrons. The Bertz CT molecular complexity index is 1010. The Hall–Kier alpha value is -2.86. The molecule has 6 nitrogen and oxygen atoms in total. The smallest absolute Gasteiger partial charge is 0.305 e. The second-order valence-corrected chi connectivity index (χ2v) is 8.72. The zero-order valence-electron chi connectivity index (χ0n) is 17.9. The van der Waals surface area contributed by atoms with E-state index in [9.17, 15) is 19.5 Å². The second kappa shape index (κ2) is 9.33. The molecule has 0 amide bonds. The highest BCUT2D eigenvalue weighted by Gasteiger charge is 2.44. The first-order valence-corrected chi connectivity index (χ1v) is 11.3. The molecule has 168 valence electrons. The molecule has 4 rings (SSSR count). The van der Waals surface area contributed by atoms with Crippen LogP contribution in [0, 0.1) is 0 Å². The Morgan fingerprint density at radius 2 is 1.75 bits per heavy atom. The molecule has 0 unspecified atom stereocenters. The maximum absolute atomic E-state index is 13.3. The number of carbonyl (C=O) groups is 3. The van der Waals surface area contributed by atoms with Gasteiger partial charge in [0.15, 0.2) is 11.6 Å². The Morgan fingerprint density at radius 3 is 2.31 bits per heavy atom. The van der Waals surface area contributed by atoms with Crippen molar-refractivity contribution < 1.29 is 24.2 Å². The molecular weight excluding hydrogens is 430 g/mol. The number of aliphatic carboxylic acids is 1. The van der Waals surface area contributed by atoms with Crippen molar-refractivity contribution >= 4 is 29.1 Å². The minimum atomic E-state index is -0.907. The standard InChI is InChI=1S/C25H26ClNO5/c1-2-13-32-21-10-9-15(26)14-16(21)23-24-17(5-3-7-19(24)28)27(12-11-22(30)31)18-6-4-8-20(29)25(18)23/h2,9-10,14,23H,1,3-8,11-13H2,(H,30,31). The topological polar surface area (TPSA) is 83.9 Å². The van der Waals surface area contributed by atoms with Gasteiger partial charge >= 0.3 is 5.97 Å². The number of hydrogen-bond donors (Lipinski definition) is 1. The summed E-state index contributed by atoms with van der Waals surface area (Å²) >= 11 is 6.35. The fourth-order valence-corrected chi connectivity index (χ4v) is 5.21. The minimum Gasteiger partial charge on any atom is -0.489 e. The summed E-state index contributed by atoms with van der Waals surface area (Å²) in [6, 6.07) is 5.26. The van der Waals surface area contributed by atoms with Crippen molar-refractivity contribution in [2.45, 2.75) is 50.9 Å². The van der Waals surface area contributed by atoms with E-state index in [2.05, 4.69) is 6.58 Å². The first kappa shape index (κ1) is 22.3. The summed E-state index contributed by atoms with van der Waals surface area (Å²) in [5.41, 5.74) is 3.55. The fraction of sp³-hybridized carbons (Fsp3) is 0.400. The normalized spacial score (nSPS) is 19.1. The Labute approximate surface area is 192 Å². The molecule has 1 heterocycles. The van der Waals surface area contributed by atoms with Crippen LogP contribution in [0.2, 0.25) is 5.02 Å². The second-order valence-electron chi connectivity index (χ2n) is 8.28. The third kappa shape index (κ3) is 4.11. The lowest BCUT2D eigenvalue weighted by Crippen LogP contribution is -2.40. The molecule has 32 heavy (non-hydrogen) atoms. The third-order valence-corrected chi connectivity index (χ3v) is 6.51. The first-order chi connectivity index (χ1) is 15.4.